The Morgan fingerprint density at radius 2 is 2.06 bits per heavy atom. The van der Waals surface area contributed by atoms with Crippen LogP contribution in [-0.2, 0) is 4.79 Å². The summed E-state index contributed by atoms with van der Waals surface area (Å²) in [5.74, 6) is 0.684. The Balaban J connectivity index is 2.29. The van der Waals surface area contributed by atoms with Gasteiger partial charge in [0, 0.05) is 17.3 Å². The van der Waals surface area contributed by atoms with Gasteiger partial charge < -0.3 is 5.32 Å². The minimum atomic E-state index is 0.220. The molecule has 0 radical (unpaired) electrons. The van der Waals surface area contributed by atoms with Gasteiger partial charge in [-0.3, -0.25) is 4.79 Å². The minimum Gasteiger partial charge on any atom is -0.352 e. The maximum absolute atomic E-state index is 11.9. The number of rotatable bonds is 4. The van der Waals surface area contributed by atoms with Crippen LogP contribution in [0.1, 0.15) is 59.8 Å². The second kappa shape index (κ2) is 6.21. The largest absolute Gasteiger partial charge is 0.352 e. The number of carbonyl (C=O) groups excluding carboxylic acids is 1. The topological polar surface area (TPSA) is 29.1 Å². The monoisotopic (exact) mass is 303 g/mol. The minimum absolute atomic E-state index is 0.220. The Kier molecular flexibility index (Phi) is 5.49. The molecule has 0 heterocycles. The molecule has 0 bridgehead atoms. The normalized spacial score (nSPS) is 26.9. The van der Waals surface area contributed by atoms with Gasteiger partial charge in [0.1, 0.15) is 0 Å². The van der Waals surface area contributed by atoms with E-state index in [0.717, 1.165) is 12.8 Å². The first-order valence-corrected chi connectivity index (χ1v) is 7.63. The maximum atomic E-state index is 11.9. The van der Waals surface area contributed by atoms with Crippen molar-refractivity contribution in [1.82, 2.24) is 5.32 Å². The highest BCUT2D eigenvalue weighted by atomic mass is 79.9. The molecule has 1 aliphatic carbocycles. The van der Waals surface area contributed by atoms with Crippen molar-refractivity contribution in [3.05, 3.63) is 0 Å². The third-order valence-electron chi connectivity index (χ3n) is 3.27. The molecule has 3 atom stereocenters. The predicted molar refractivity (Wildman–Crippen MR) is 76.3 cm³/mol. The summed E-state index contributed by atoms with van der Waals surface area (Å²) < 4.78 is 0. The molecule has 100 valence electrons. The van der Waals surface area contributed by atoms with E-state index < -0.39 is 0 Å². The van der Waals surface area contributed by atoms with Crippen molar-refractivity contribution < 1.29 is 4.79 Å². The van der Waals surface area contributed by atoms with Crippen LogP contribution in [0.2, 0.25) is 0 Å². The molecular formula is C14H26BrNO. The van der Waals surface area contributed by atoms with Crippen LogP contribution in [0, 0.1) is 11.3 Å². The summed E-state index contributed by atoms with van der Waals surface area (Å²) in [7, 11) is 0. The molecule has 0 saturated heterocycles. The van der Waals surface area contributed by atoms with Gasteiger partial charge in [-0.2, -0.15) is 0 Å². The van der Waals surface area contributed by atoms with Crippen LogP contribution in [0.4, 0.5) is 0 Å². The molecule has 17 heavy (non-hydrogen) atoms. The summed E-state index contributed by atoms with van der Waals surface area (Å²) in [4.78, 5) is 12.4. The van der Waals surface area contributed by atoms with Gasteiger partial charge >= 0.3 is 0 Å². The molecule has 1 saturated carbocycles. The highest BCUT2D eigenvalue weighted by Gasteiger charge is 2.27. The first-order valence-electron chi connectivity index (χ1n) is 6.71. The van der Waals surface area contributed by atoms with Gasteiger partial charge in [-0.15, -0.1) is 0 Å². The fourth-order valence-corrected chi connectivity index (χ4v) is 3.50. The van der Waals surface area contributed by atoms with Crippen LogP contribution in [0.25, 0.3) is 0 Å². The molecule has 0 spiro atoms. The Bertz CT molecular complexity index is 259. The summed E-state index contributed by atoms with van der Waals surface area (Å²) in [5.41, 5.74) is 0.311. The van der Waals surface area contributed by atoms with Crippen LogP contribution in [-0.4, -0.2) is 16.8 Å². The number of amides is 1. The number of nitrogens with one attached hydrogen (secondary N) is 1. The van der Waals surface area contributed by atoms with Crippen LogP contribution in [0.15, 0.2) is 0 Å². The molecule has 1 rings (SSSR count). The number of hydrogen-bond acceptors (Lipinski definition) is 1. The Labute approximate surface area is 114 Å². The first kappa shape index (κ1) is 15.0. The molecule has 1 aliphatic rings. The number of alkyl halides is 1. The van der Waals surface area contributed by atoms with Gasteiger partial charge in [-0.25, -0.2) is 0 Å². The van der Waals surface area contributed by atoms with Crippen LogP contribution in [0.3, 0.4) is 0 Å². The smallest absolute Gasteiger partial charge is 0.220 e. The predicted octanol–water partition coefficient (Wildman–Crippen LogP) is 3.88. The van der Waals surface area contributed by atoms with Crippen LogP contribution >= 0.6 is 15.9 Å². The summed E-state index contributed by atoms with van der Waals surface area (Å²) in [6, 6.07) is 0.351. The SMILES string of the molecule is CC(CC(=O)NC1CCCC1Br)CC(C)(C)C. The van der Waals surface area contributed by atoms with Crippen molar-refractivity contribution in [2.75, 3.05) is 0 Å². The lowest BCUT2D eigenvalue weighted by atomic mass is 9.84. The second-order valence-corrected chi connectivity index (χ2v) is 7.87. The fourth-order valence-electron chi connectivity index (χ4n) is 2.78. The molecule has 0 aromatic heterocycles. The second-order valence-electron chi connectivity index (χ2n) is 6.69. The van der Waals surface area contributed by atoms with Gasteiger partial charge in [-0.05, 0) is 30.6 Å². The third kappa shape index (κ3) is 5.89. The molecule has 1 amide bonds. The van der Waals surface area contributed by atoms with Gasteiger partial charge in [0.2, 0.25) is 5.91 Å². The van der Waals surface area contributed by atoms with Gasteiger partial charge in [0.25, 0.3) is 0 Å². The zero-order valence-electron chi connectivity index (χ0n) is 11.6. The molecular weight excluding hydrogens is 278 g/mol. The fraction of sp³-hybridized carbons (Fsp3) is 0.929. The molecule has 0 aromatic rings. The van der Waals surface area contributed by atoms with Gasteiger partial charge in [-0.1, -0.05) is 50.0 Å². The Morgan fingerprint density at radius 3 is 2.53 bits per heavy atom. The molecule has 3 unspecified atom stereocenters. The Hall–Kier alpha value is -0.0500. The Morgan fingerprint density at radius 1 is 1.41 bits per heavy atom. The standard InChI is InChI=1S/C14H26BrNO/c1-10(9-14(2,3)4)8-13(17)16-12-7-5-6-11(12)15/h10-12H,5-9H2,1-4H3,(H,16,17). The molecule has 1 fully saturated rings. The van der Waals surface area contributed by atoms with E-state index in [2.05, 4.69) is 48.9 Å². The average Bonchev–Trinajstić information content (AvgIpc) is 2.47. The zero-order valence-corrected chi connectivity index (χ0v) is 13.1. The highest BCUT2D eigenvalue weighted by molar-refractivity contribution is 9.09. The van der Waals surface area contributed by atoms with Crippen molar-refractivity contribution in [2.24, 2.45) is 11.3 Å². The lowest BCUT2D eigenvalue weighted by Gasteiger charge is -2.24. The van der Waals surface area contributed by atoms with Gasteiger partial charge in [0.15, 0.2) is 0 Å². The zero-order chi connectivity index (χ0) is 13.1. The summed E-state index contributed by atoms with van der Waals surface area (Å²) >= 11 is 3.63. The molecule has 0 aromatic carbocycles. The first-order chi connectivity index (χ1) is 7.78. The molecule has 1 N–H and O–H groups in total. The highest BCUT2D eigenvalue weighted by Crippen LogP contribution is 2.27. The van der Waals surface area contributed by atoms with Crippen molar-refractivity contribution in [1.29, 1.82) is 0 Å². The molecule has 3 heteroatoms. The molecule has 0 aliphatic heterocycles. The van der Waals surface area contributed by atoms with E-state index >= 15 is 0 Å². The van der Waals surface area contributed by atoms with E-state index in [4.69, 9.17) is 0 Å². The maximum Gasteiger partial charge on any atom is 0.220 e. The van der Waals surface area contributed by atoms with Crippen LogP contribution in [0.5, 0.6) is 0 Å². The third-order valence-corrected chi connectivity index (χ3v) is 4.37. The van der Waals surface area contributed by atoms with E-state index in [1.807, 2.05) is 0 Å². The van der Waals surface area contributed by atoms with E-state index in [1.54, 1.807) is 0 Å². The summed E-state index contributed by atoms with van der Waals surface area (Å²) in [6.45, 7) is 8.86. The van der Waals surface area contributed by atoms with Crippen molar-refractivity contribution in [2.45, 2.75) is 70.7 Å². The average molecular weight is 304 g/mol. The van der Waals surface area contributed by atoms with Crippen molar-refractivity contribution >= 4 is 21.8 Å². The van der Waals surface area contributed by atoms with Crippen molar-refractivity contribution in [3.8, 4) is 0 Å². The number of halogens is 1. The molecule has 2 nitrogen and oxygen atoms in total. The number of hydrogen-bond donors (Lipinski definition) is 1. The summed E-state index contributed by atoms with van der Waals surface area (Å²) in [6.07, 6.45) is 5.28. The van der Waals surface area contributed by atoms with E-state index in [9.17, 15) is 4.79 Å². The van der Waals surface area contributed by atoms with Crippen molar-refractivity contribution in [3.63, 3.8) is 0 Å². The van der Waals surface area contributed by atoms with E-state index in [1.165, 1.54) is 12.8 Å². The van der Waals surface area contributed by atoms with E-state index in [0.29, 0.717) is 28.6 Å². The lowest BCUT2D eigenvalue weighted by Crippen LogP contribution is -2.38. The quantitative estimate of drug-likeness (QED) is 0.785. The van der Waals surface area contributed by atoms with Crippen LogP contribution < -0.4 is 5.32 Å². The summed E-state index contributed by atoms with van der Waals surface area (Å²) in [5, 5.41) is 3.16. The van der Waals surface area contributed by atoms with Gasteiger partial charge in [0.05, 0.1) is 0 Å². The van der Waals surface area contributed by atoms with E-state index in [-0.39, 0.29) is 5.91 Å². The number of carbonyl (C=O) groups is 1. The lowest BCUT2D eigenvalue weighted by molar-refractivity contribution is -0.122.